The Labute approximate surface area is 154 Å². The summed E-state index contributed by atoms with van der Waals surface area (Å²) in [5, 5.41) is 0.946. The van der Waals surface area contributed by atoms with Gasteiger partial charge in [-0.2, -0.15) is 0 Å². The molecule has 0 unspecified atom stereocenters. The second kappa shape index (κ2) is 6.12. The minimum absolute atomic E-state index is 0.166. The van der Waals surface area contributed by atoms with E-state index < -0.39 is 10.0 Å². The van der Waals surface area contributed by atoms with Crippen molar-refractivity contribution in [3.63, 3.8) is 0 Å². The van der Waals surface area contributed by atoms with Gasteiger partial charge < -0.3 is 5.73 Å². The van der Waals surface area contributed by atoms with Crippen LogP contribution in [0.1, 0.15) is 0 Å². The van der Waals surface area contributed by atoms with Gasteiger partial charge in [-0.15, -0.1) is 0 Å². The summed E-state index contributed by atoms with van der Waals surface area (Å²) in [7, 11) is -3.83. The molecule has 0 bridgehead atoms. The fourth-order valence-corrected chi connectivity index (χ4v) is 4.39. The molecule has 6 nitrogen and oxygen atoms in total. The van der Waals surface area contributed by atoms with E-state index in [2.05, 4.69) is 9.97 Å². The molecule has 0 aliphatic heterocycles. The molecular weight excluding hydrogens is 372 g/mol. The molecule has 0 aliphatic rings. The van der Waals surface area contributed by atoms with Crippen LogP contribution in [0.4, 0.5) is 5.82 Å². The monoisotopic (exact) mass is 384 g/mol. The number of rotatable bonds is 3. The highest BCUT2D eigenvalue weighted by molar-refractivity contribution is 7.90. The van der Waals surface area contributed by atoms with Gasteiger partial charge in [0.2, 0.25) is 0 Å². The van der Waals surface area contributed by atoms with E-state index in [9.17, 15) is 8.42 Å². The number of pyridine rings is 2. The van der Waals surface area contributed by atoms with E-state index in [4.69, 9.17) is 17.3 Å². The van der Waals surface area contributed by atoms with Gasteiger partial charge in [0.05, 0.1) is 9.92 Å². The number of hydrogen-bond donors (Lipinski definition) is 1. The Hall–Kier alpha value is -2.90. The van der Waals surface area contributed by atoms with Gasteiger partial charge in [0.1, 0.15) is 5.82 Å². The first-order valence-electron chi connectivity index (χ1n) is 7.66. The fourth-order valence-electron chi connectivity index (χ4n) is 2.81. The van der Waals surface area contributed by atoms with Crippen molar-refractivity contribution in [3.8, 4) is 11.1 Å². The normalized spacial score (nSPS) is 11.7. The number of nitrogen functional groups attached to an aromatic ring is 1. The number of halogens is 1. The van der Waals surface area contributed by atoms with Gasteiger partial charge in [-0.1, -0.05) is 29.8 Å². The van der Waals surface area contributed by atoms with E-state index in [1.807, 2.05) is 0 Å². The predicted molar refractivity (Wildman–Crippen MR) is 101 cm³/mol. The van der Waals surface area contributed by atoms with E-state index in [0.29, 0.717) is 27.4 Å². The number of nitrogens with two attached hydrogens (primary N) is 1. The molecule has 0 aliphatic carbocycles. The highest BCUT2D eigenvalue weighted by Gasteiger charge is 2.23. The van der Waals surface area contributed by atoms with Crippen LogP contribution in [-0.2, 0) is 10.0 Å². The summed E-state index contributed by atoms with van der Waals surface area (Å²) in [5.41, 5.74) is 7.36. The van der Waals surface area contributed by atoms with Crippen molar-refractivity contribution in [2.75, 3.05) is 5.73 Å². The maximum absolute atomic E-state index is 13.1. The molecule has 3 aromatic heterocycles. The molecule has 3 heterocycles. The zero-order chi connectivity index (χ0) is 18.3. The molecule has 0 radical (unpaired) electrons. The summed E-state index contributed by atoms with van der Waals surface area (Å²) in [5.74, 6) is 0.328. The zero-order valence-electron chi connectivity index (χ0n) is 13.4. The molecule has 0 saturated carbocycles. The molecule has 0 spiro atoms. The minimum atomic E-state index is -3.83. The summed E-state index contributed by atoms with van der Waals surface area (Å²) in [6.45, 7) is 0. The van der Waals surface area contributed by atoms with Crippen molar-refractivity contribution in [3.05, 3.63) is 72.1 Å². The topological polar surface area (TPSA) is 90.9 Å². The number of hydrogen-bond acceptors (Lipinski definition) is 5. The average molecular weight is 385 g/mol. The minimum Gasteiger partial charge on any atom is -0.384 e. The van der Waals surface area contributed by atoms with Crippen molar-refractivity contribution >= 4 is 38.5 Å². The highest BCUT2D eigenvalue weighted by atomic mass is 35.5. The molecule has 2 N–H and O–H groups in total. The number of anilines is 1. The van der Waals surface area contributed by atoms with Gasteiger partial charge >= 0.3 is 0 Å². The number of nitrogens with zero attached hydrogens (tertiary/aromatic N) is 3. The smallest absolute Gasteiger partial charge is 0.269 e. The lowest BCUT2D eigenvalue weighted by Crippen LogP contribution is -2.12. The van der Waals surface area contributed by atoms with Crippen molar-refractivity contribution in [2.24, 2.45) is 0 Å². The van der Waals surface area contributed by atoms with Crippen LogP contribution in [0.3, 0.4) is 0 Å². The summed E-state index contributed by atoms with van der Waals surface area (Å²) >= 11 is 6.37. The van der Waals surface area contributed by atoms with E-state index in [0.717, 1.165) is 3.97 Å². The first kappa shape index (κ1) is 16.6. The van der Waals surface area contributed by atoms with Crippen LogP contribution in [0, 0.1) is 0 Å². The van der Waals surface area contributed by atoms with Crippen LogP contribution in [0.5, 0.6) is 0 Å². The number of fused-ring (bicyclic) bond motifs is 1. The fraction of sp³-hybridized carbons (Fsp3) is 0. The molecule has 0 saturated heterocycles. The molecular formula is C18H13ClN4O2S. The maximum Gasteiger partial charge on any atom is 0.269 e. The molecule has 130 valence electrons. The van der Waals surface area contributed by atoms with E-state index in [1.54, 1.807) is 42.6 Å². The quantitative estimate of drug-likeness (QED) is 0.583. The molecule has 0 amide bonds. The van der Waals surface area contributed by atoms with Crippen molar-refractivity contribution in [1.29, 1.82) is 0 Å². The van der Waals surface area contributed by atoms with Crippen LogP contribution in [0.2, 0.25) is 5.02 Å². The molecule has 8 heteroatoms. The van der Waals surface area contributed by atoms with Crippen LogP contribution in [-0.4, -0.2) is 22.4 Å². The van der Waals surface area contributed by atoms with Crippen molar-refractivity contribution in [1.82, 2.24) is 13.9 Å². The van der Waals surface area contributed by atoms with Gasteiger partial charge in [-0.3, -0.25) is 0 Å². The summed E-state index contributed by atoms with van der Waals surface area (Å²) < 4.78 is 27.4. The predicted octanol–water partition coefficient (Wildman–Crippen LogP) is 3.57. The zero-order valence-corrected chi connectivity index (χ0v) is 14.9. The SMILES string of the molecule is Nc1cc(-c2cn(S(=O)(=O)c3ccccc3)c3nccc(Cl)c23)ccn1. The first-order valence-corrected chi connectivity index (χ1v) is 9.48. The van der Waals surface area contributed by atoms with Gasteiger partial charge in [0.25, 0.3) is 10.0 Å². The summed E-state index contributed by atoms with van der Waals surface area (Å²) in [4.78, 5) is 8.40. The van der Waals surface area contributed by atoms with Crippen LogP contribution in [0.25, 0.3) is 22.2 Å². The van der Waals surface area contributed by atoms with E-state index in [1.165, 1.54) is 24.5 Å². The highest BCUT2D eigenvalue weighted by Crippen LogP contribution is 2.36. The molecule has 4 aromatic rings. The Morgan fingerprint density at radius 3 is 2.46 bits per heavy atom. The second-order valence-electron chi connectivity index (χ2n) is 5.62. The Bertz CT molecular complexity index is 1220. The molecule has 0 atom stereocenters. The lowest BCUT2D eigenvalue weighted by atomic mass is 10.1. The second-order valence-corrected chi connectivity index (χ2v) is 7.84. The Morgan fingerprint density at radius 1 is 1.00 bits per heavy atom. The number of aromatic nitrogens is 3. The third-order valence-corrected chi connectivity index (χ3v) is 5.98. The summed E-state index contributed by atoms with van der Waals surface area (Å²) in [6, 6.07) is 13.2. The molecule has 1 aromatic carbocycles. The molecule has 0 fully saturated rings. The van der Waals surface area contributed by atoms with Crippen molar-refractivity contribution in [2.45, 2.75) is 4.90 Å². The Morgan fingerprint density at radius 2 is 1.73 bits per heavy atom. The third kappa shape index (κ3) is 2.61. The first-order chi connectivity index (χ1) is 12.5. The van der Waals surface area contributed by atoms with E-state index >= 15 is 0 Å². The lowest BCUT2D eigenvalue weighted by Gasteiger charge is -2.06. The standard InChI is InChI=1S/C18H13ClN4O2S/c19-15-7-9-22-18-17(15)14(12-6-8-21-16(20)10-12)11-23(18)26(24,25)13-4-2-1-3-5-13/h1-11H,(H2,20,21). The van der Waals surface area contributed by atoms with Gasteiger partial charge in [-0.05, 0) is 35.9 Å². The molecule has 26 heavy (non-hydrogen) atoms. The average Bonchev–Trinajstić information content (AvgIpc) is 3.04. The molecule has 4 rings (SSSR count). The van der Waals surface area contributed by atoms with Gasteiger partial charge in [-0.25, -0.2) is 22.4 Å². The Kier molecular flexibility index (Phi) is 3.90. The van der Waals surface area contributed by atoms with Crippen LogP contribution >= 0.6 is 11.6 Å². The van der Waals surface area contributed by atoms with E-state index in [-0.39, 0.29) is 10.5 Å². The Balaban J connectivity index is 2.06. The van der Waals surface area contributed by atoms with Crippen LogP contribution < -0.4 is 5.73 Å². The number of benzene rings is 1. The lowest BCUT2D eigenvalue weighted by molar-refractivity contribution is 0.589. The van der Waals surface area contributed by atoms with Crippen LogP contribution in [0.15, 0.2) is 72.0 Å². The maximum atomic E-state index is 13.1. The largest absolute Gasteiger partial charge is 0.384 e. The third-order valence-electron chi connectivity index (χ3n) is 4.00. The van der Waals surface area contributed by atoms with Gasteiger partial charge in [0, 0.05) is 29.5 Å². The van der Waals surface area contributed by atoms with Gasteiger partial charge in [0.15, 0.2) is 5.65 Å². The summed E-state index contributed by atoms with van der Waals surface area (Å²) in [6.07, 6.45) is 4.55. The van der Waals surface area contributed by atoms with Crippen molar-refractivity contribution < 1.29 is 8.42 Å².